The Morgan fingerprint density at radius 3 is 2.63 bits per heavy atom. The quantitative estimate of drug-likeness (QED) is 0.396. The van der Waals surface area contributed by atoms with E-state index in [1.165, 1.54) is 6.92 Å². The second-order valence-electron chi connectivity index (χ2n) is 10.1. The average Bonchev–Trinajstić information content (AvgIpc) is 3.19. The van der Waals surface area contributed by atoms with Crippen LogP contribution in [0.15, 0.2) is 35.3 Å². The number of benzene rings is 1. The number of carbonyl (C=O) groups is 2. The molecule has 4 rings (SSSR count). The molecule has 1 saturated heterocycles. The number of carboxylic acid groups (broad SMARTS) is 1. The molecule has 0 saturated carbocycles. The standard InChI is InChI=1S/C27H35N5O5.ClH/c1-16-10-21(15-30(4)26(16)35)25-29-22-8-7-19(12-28-24(17(2)33)27(36)37)11-23(22)32(25)14-20-6-5-9-31(13-20)18(3)34;/h7-8,10-11,15,17,20,24,28,33H,5-6,9,12-14H2,1-4H3,(H,36,37);1H/t17?,20-,24?;/m0./s1. The molecule has 2 unspecified atom stereocenters. The number of aliphatic hydroxyl groups is 1. The molecule has 2 aromatic heterocycles. The van der Waals surface area contributed by atoms with Gasteiger partial charge in [-0.05, 0) is 56.4 Å². The van der Waals surface area contributed by atoms with Crippen LogP contribution in [0.1, 0.15) is 37.8 Å². The molecule has 1 amide bonds. The number of aromatic nitrogens is 3. The third kappa shape index (κ3) is 6.25. The van der Waals surface area contributed by atoms with Gasteiger partial charge in [0.15, 0.2) is 0 Å². The van der Waals surface area contributed by atoms with Gasteiger partial charge in [0.05, 0.1) is 17.1 Å². The molecule has 1 aliphatic rings. The lowest BCUT2D eigenvalue weighted by molar-refractivity contribution is -0.142. The number of aliphatic hydroxyl groups excluding tert-OH is 1. The van der Waals surface area contributed by atoms with Gasteiger partial charge in [-0.2, -0.15) is 0 Å². The summed E-state index contributed by atoms with van der Waals surface area (Å²) in [6.07, 6.45) is 2.68. The van der Waals surface area contributed by atoms with Crippen molar-refractivity contribution in [2.75, 3.05) is 13.1 Å². The van der Waals surface area contributed by atoms with Gasteiger partial charge in [0.1, 0.15) is 11.9 Å². The summed E-state index contributed by atoms with van der Waals surface area (Å²) in [6, 6.07) is 6.55. The summed E-state index contributed by atoms with van der Waals surface area (Å²) in [5, 5.41) is 22.1. The van der Waals surface area contributed by atoms with Crippen LogP contribution < -0.4 is 10.9 Å². The maximum absolute atomic E-state index is 12.3. The molecule has 11 heteroatoms. The molecule has 38 heavy (non-hydrogen) atoms. The molecule has 10 nitrogen and oxygen atoms in total. The fourth-order valence-corrected chi connectivity index (χ4v) is 5.13. The highest BCUT2D eigenvalue weighted by Crippen LogP contribution is 2.29. The highest BCUT2D eigenvalue weighted by atomic mass is 35.5. The second kappa shape index (κ2) is 12.1. The van der Waals surface area contributed by atoms with E-state index < -0.39 is 18.1 Å². The Kier molecular flexibility index (Phi) is 9.35. The predicted molar refractivity (Wildman–Crippen MR) is 147 cm³/mol. The summed E-state index contributed by atoms with van der Waals surface area (Å²) in [5.74, 6) is -0.0451. The monoisotopic (exact) mass is 545 g/mol. The number of hydrogen-bond donors (Lipinski definition) is 3. The maximum Gasteiger partial charge on any atom is 0.323 e. The Bertz CT molecular complexity index is 1360. The number of hydrogen-bond acceptors (Lipinski definition) is 6. The number of carboxylic acids is 1. The number of piperidine rings is 1. The number of aryl methyl sites for hydroxylation is 2. The van der Waals surface area contributed by atoms with Crippen molar-refractivity contribution in [3.63, 3.8) is 0 Å². The van der Waals surface area contributed by atoms with Crippen LogP contribution in [0.2, 0.25) is 0 Å². The van der Waals surface area contributed by atoms with Gasteiger partial charge in [-0.3, -0.25) is 19.7 Å². The molecule has 3 heterocycles. The van der Waals surface area contributed by atoms with Crippen molar-refractivity contribution in [1.29, 1.82) is 0 Å². The molecule has 3 aromatic rings. The fourth-order valence-electron chi connectivity index (χ4n) is 5.13. The molecule has 0 bridgehead atoms. The van der Waals surface area contributed by atoms with Crippen molar-refractivity contribution in [2.45, 2.75) is 58.8 Å². The summed E-state index contributed by atoms with van der Waals surface area (Å²) < 4.78 is 3.71. The van der Waals surface area contributed by atoms with E-state index in [1.807, 2.05) is 29.2 Å². The Hall–Kier alpha value is -3.21. The van der Waals surface area contributed by atoms with E-state index in [4.69, 9.17) is 4.98 Å². The highest BCUT2D eigenvalue weighted by molar-refractivity contribution is 5.85. The Morgan fingerprint density at radius 1 is 1.26 bits per heavy atom. The Morgan fingerprint density at radius 2 is 2.00 bits per heavy atom. The number of carbonyl (C=O) groups excluding carboxylic acids is 1. The third-order valence-corrected chi connectivity index (χ3v) is 7.11. The Balaban J connectivity index is 0.00000400. The number of nitrogens with zero attached hydrogens (tertiary/aromatic N) is 4. The van der Waals surface area contributed by atoms with E-state index in [0.29, 0.717) is 18.7 Å². The van der Waals surface area contributed by atoms with E-state index in [1.54, 1.807) is 31.7 Å². The van der Waals surface area contributed by atoms with Crippen molar-refractivity contribution < 1.29 is 19.8 Å². The van der Waals surface area contributed by atoms with Crippen LogP contribution in [-0.2, 0) is 29.7 Å². The van der Waals surface area contributed by atoms with Gasteiger partial charge in [0.25, 0.3) is 5.56 Å². The second-order valence-corrected chi connectivity index (χ2v) is 10.1. The largest absolute Gasteiger partial charge is 0.480 e. The first-order valence-corrected chi connectivity index (χ1v) is 12.6. The van der Waals surface area contributed by atoms with Crippen LogP contribution in [0.4, 0.5) is 0 Å². The van der Waals surface area contributed by atoms with Crippen molar-refractivity contribution in [2.24, 2.45) is 13.0 Å². The van der Waals surface area contributed by atoms with E-state index in [-0.39, 0.29) is 36.3 Å². The molecule has 3 N–H and O–H groups in total. The molecule has 206 valence electrons. The molecule has 1 fully saturated rings. The van der Waals surface area contributed by atoms with Crippen LogP contribution in [0.25, 0.3) is 22.4 Å². The Labute approximate surface area is 227 Å². The molecule has 3 atom stereocenters. The number of imidazole rings is 1. The molecular weight excluding hydrogens is 510 g/mol. The first-order chi connectivity index (χ1) is 17.5. The van der Waals surface area contributed by atoms with Gasteiger partial charge in [-0.25, -0.2) is 4.98 Å². The summed E-state index contributed by atoms with van der Waals surface area (Å²) in [4.78, 5) is 42.6. The van der Waals surface area contributed by atoms with E-state index in [2.05, 4.69) is 9.88 Å². The number of rotatable bonds is 8. The van der Waals surface area contributed by atoms with E-state index >= 15 is 0 Å². The average molecular weight is 546 g/mol. The topological polar surface area (TPSA) is 130 Å². The molecule has 0 aliphatic carbocycles. The first kappa shape index (κ1) is 29.3. The molecule has 1 aromatic carbocycles. The number of likely N-dealkylation sites (tertiary alicyclic amines) is 1. The van der Waals surface area contributed by atoms with Crippen LogP contribution >= 0.6 is 12.4 Å². The van der Waals surface area contributed by atoms with E-state index in [9.17, 15) is 24.6 Å². The van der Waals surface area contributed by atoms with Gasteiger partial charge in [-0.15, -0.1) is 12.4 Å². The number of nitrogens with one attached hydrogen (secondary N) is 1. The third-order valence-electron chi connectivity index (χ3n) is 7.11. The summed E-state index contributed by atoms with van der Waals surface area (Å²) >= 11 is 0. The van der Waals surface area contributed by atoms with Crippen LogP contribution in [-0.4, -0.2) is 66.3 Å². The van der Waals surface area contributed by atoms with E-state index in [0.717, 1.165) is 47.4 Å². The lowest BCUT2D eigenvalue weighted by atomic mass is 9.97. The van der Waals surface area contributed by atoms with Gasteiger partial charge < -0.3 is 24.2 Å². The van der Waals surface area contributed by atoms with Gasteiger partial charge >= 0.3 is 5.97 Å². The minimum Gasteiger partial charge on any atom is -0.480 e. The number of aliphatic carboxylic acids is 1. The fraction of sp³-hybridized carbons (Fsp3) is 0.481. The minimum absolute atomic E-state index is 0. The van der Waals surface area contributed by atoms with Crippen LogP contribution in [0.5, 0.6) is 0 Å². The van der Waals surface area contributed by atoms with Crippen LogP contribution in [0, 0.1) is 12.8 Å². The lowest BCUT2D eigenvalue weighted by Crippen LogP contribution is -2.44. The number of pyridine rings is 1. The van der Waals surface area contributed by atoms with Crippen molar-refractivity contribution >= 4 is 35.3 Å². The normalized spacial score (nSPS) is 17.2. The zero-order valence-electron chi connectivity index (χ0n) is 22.2. The molecule has 1 aliphatic heterocycles. The van der Waals surface area contributed by atoms with Crippen molar-refractivity contribution in [3.05, 3.63) is 51.9 Å². The molecular formula is C27H36ClN5O5. The maximum atomic E-state index is 12.3. The summed E-state index contributed by atoms with van der Waals surface area (Å²) in [7, 11) is 1.72. The van der Waals surface area contributed by atoms with Crippen molar-refractivity contribution in [3.8, 4) is 11.4 Å². The SMILES string of the molecule is CC(=O)N1CCC[C@H](Cn2c(-c3cc(C)c(=O)n(C)c3)nc3ccc(CNC(C(=O)O)C(C)O)cc32)C1.Cl. The lowest BCUT2D eigenvalue weighted by Gasteiger charge is -2.32. The molecule has 0 radical (unpaired) electrons. The highest BCUT2D eigenvalue weighted by Gasteiger charge is 2.25. The van der Waals surface area contributed by atoms with Gasteiger partial charge in [0.2, 0.25) is 5.91 Å². The number of amides is 1. The van der Waals surface area contributed by atoms with Gasteiger partial charge in [0, 0.05) is 57.5 Å². The van der Waals surface area contributed by atoms with Crippen LogP contribution in [0.3, 0.4) is 0 Å². The smallest absolute Gasteiger partial charge is 0.323 e. The number of halogens is 1. The van der Waals surface area contributed by atoms with Crippen molar-refractivity contribution in [1.82, 2.24) is 24.3 Å². The minimum atomic E-state index is -1.11. The number of fused-ring (bicyclic) bond motifs is 1. The zero-order chi connectivity index (χ0) is 26.9. The predicted octanol–water partition coefficient (Wildman–Crippen LogP) is 2.31. The summed E-state index contributed by atoms with van der Waals surface area (Å²) in [5.41, 5.74) is 3.93. The molecule has 0 spiro atoms. The van der Waals surface area contributed by atoms with Gasteiger partial charge in [-0.1, -0.05) is 6.07 Å². The zero-order valence-corrected chi connectivity index (χ0v) is 23.0. The first-order valence-electron chi connectivity index (χ1n) is 12.6. The summed E-state index contributed by atoms with van der Waals surface area (Å²) in [6.45, 7) is 7.20.